The lowest BCUT2D eigenvalue weighted by Crippen LogP contribution is -2.38. The number of methoxy groups -OCH3 is 2. The molecule has 0 bridgehead atoms. The topological polar surface area (TPSA) is 77.1 Å². The van der Waals surface area contributed by atoms with Crippen LogP contribution in [0.5, 0.6) is 11.5 Å². The number of hydrogen-bond acceptors (Lipinski definition) is 7. The Morgan fingerprint density at radius 1 is 0.944 bits per heavy atom. The van der Waals surface area contributed by atoms with Crippen LogP contribution in [0.3, 0.4) is 0 Å². The van der Waals surface area contributed by atoms with Crippen LogP contribution < -0.4 is 14.2 Å². The molecule has 0 radical (unpaired) electrons. The number of Topliss-reactive ketones (excluding diaryl/α,β-unsaturated/α-hetero) is 1. The second-order valence-corrected chi connectivity index (χ2v) is 10.1. The van der Waals surface area contributed by atoms with Crippen molar-refractivity contribution in [2.24, 2.45) is 0 Å². The number of nitrogens with zero attached hydrogens (tertiary/aromatic N) is 1. The Morgan fingerprint density at radius 3 is 2.33 bits per heavy atom. The number of rotatable bonds is 14. The molecule has 0 fully saturated rings. The molecule has 0 saturated heterocycles. The fraction of sp³-hybridized carbons (Fsp3) is 0.500. The summed E-state index contributed by atoms with van der Waals surface area (Å²) in [6, 6.07) is 13.3. The van der Waals surface area contributed by atoms with Gasteiger partial charge in [0.2, 0.25) is 0 Å². The van der Waals surface area contributed by atoms with Crippen molar-refractivity contribution in [1.29, 1.82) is 0 Å². The first-order valence-corrected chi connectivity index (χ1v) is 13.5. The van der Waals surface area contributed by atoms with Crippen LogP contribution in [-0.2, 0) is 11.2 Å². The van der Waals surface area contributed by atoms with Gasteiger partial charge in [0.05, 0.1) is 19.9 Å². The van der Waals surface area contributed by atoms with Crippen molar-refractivity contribution in [2.75, 3.05) is 38.3 Å². The normalized spacial score (nSPS) is 11.1. The van der Waals surface area contributed by atoms with Gasteiger partial charge in [-0.2, -0.15) is 0 Å². The number of carbonyl (C=O) groups excluding carboxylic acids is 2. The van der Waals surface area contributed by atoms with Crippen LogP contribution in [0, 0.1) is 0 Å². The quantitative estimate of drug-likeness (QED) is 0.172. The lowest BCUT2D eigenvalue weighted by atomic mass is 10.0. The van der Waals surface area contributed by atoms with E-state index in [1.165, 1.54) is 11.9 Å². The first-order chi connectivity index (χ1) is 17.2. The molecule has 0 unspecified atom stereocenters. The molecule has 8 heteroatoms. The lowest BCUT2D eigenvalue weighted by molar-refractivity contribution is 0.0248. The van der Waals surface area contributed by atoms with Gasteiger partial charge in [-0.3, -0.25) is 4.79 Å². The smallest absolute Gasteiger partial charge is 0.410 e. The number of ether oxygens (including phenoxy) is 3. The molecule has 0 aliphatic rings. The molecule has 0 atom stereocenters. The van der Waals surface area contributed by atoms with Crippen LogP contribution in [-0.4, -0.2) is 55.9 Å². The molecule has 1 amide bonds. The molecule has 0 spiro atoms. The van der Waals surface area contributed by atoms with Gasteiger partial charge >= 0.3 is 6.09 Å². The minimum Gasteiger partial charge on any atom is -0.496 e. The summed E-state index contributed by atoms with van der Waals surface area (Å²) in [5.74, 6) is 1.62. The van der Waals surface area contributed by atoms with E-state index in [-0.39, 0.29) is 11.9 Å². The number of benzene rings is 2. The van der Waals surface area contributed by atoms with E-state index in [1.54, 1.807) is 25.2 Å². The maximum absolute atomic E-state index is 12.8. The van der Waals surface area contributed by atoms with Gasteiger partial charge in [0.1, 0.15) is 17.1 Å². The average Bonchev–Trinajstić information content (AvgIpc) is 2.84. The second kappa shape index (κ2) is 14.6. The van der Waals surface area contributed by atoms with Crippen LogP contribution in [0.25, 0.3) is 0 Å². The van der Waals surface area contributed by atoms with E-state index >= 15 is 0 Å². The van der Waals surface area contributed by atoms with E-state index in [0.29, 0.717) is 37.2 Å². The van der Waals surface area contributed by atoms with Crippen LogP contribution >= 0.6 is 11.9 Å². The second-order valence-electron chi connectivity index (χ2n) is 9.48. The molecule has 2 rings (SSSR count). The number of unbranched alkanes of at least 4 members (excludes halogenated alkanes) is 2. The molecule has 2 aromatic carbocycles. The molecule has 0 aromatic heterocycles. The first-order valence-electron chi connectivity index (χ1n) is 12.3. The van der Waals surface area contributed by atoms with Gasteiger partial charge in [-0.15, -0.1) is 0 Å². The van der Waals surface area contributed by atoms with Crippen molar-refractivity contribution in [1.82, 2.24) is 4.90 Å². The highest BCUT2D eigenvalue weighted by atomic mass is 32.2. The summed E-state index contributed by atoms with van der Waals surface area (Å²) in [6.07, 6.45) is 5.12. The zero-order valence-corrected chi connectivity index (χ0v) is 23.2. The van der Waals surface area contributed by atoms with Crippen molar-refractivity contribution in [3.05, 3.63) is 53.6 Å². The Balaban J connectivity index is 1.90. The minimum atomic E-state index is -0.561. The minimum absolute atomic E-state index is 0.0991. The maximum atomic E-state index is 12.8. The Labute approximate surface area is 220 Å². The molecule has 0 aliphatic carbocycles. The number of anilines is 1. The summed E-state index contributed by atoms with van der Waals surface area (Å²) in [4.78, 5) is 27.3. The Morgan fingerprint density at radius 2 is 1.67 bits per heavy atom. The zero-order chi connectivity index (χ0) is 26.6. The Bertz CT molecular complexity index is 990. The third kappa shape index (κ3) is 9.64. The van der Waals surface area contributed by atoms with E-state index in [9.17, 15) is 9.59 Å². The van der Waals surface area contributed by atoms with Gasteiger partial charge in [0.25, 0.3) is 0 Å². The van der Waals surface area contributed by atoms with Crippen molar-refractivity contribution in [3.8, 4) is 11.5 Å². The maximum Gasteiger partial charge on any atom is 0.410 e. The highest BCUT2D eigenvalue weighted by Crippen LogP contribution is 2.28. The van der Waals surface area contributed by atoms with E-state index in [1.807, 2.05) is 63.4 Å². The van der Waals surface area contributed by atoms with Crippen molar-refractivity contribution in [2.45, 2.75) is 58.5 Å². The molecule has 7 nitrogen and oxygen atoms in total. The summed E-state index contributed by atoms with van der Waals surface area (Å²) in [6.45, 7) is 6.71. The first kappa shape index (κ1) is 29.4. The summed E-state index contributed by atoms with van der Waals surface area (Å²) in [5.41, 5.74) is 1.95. The molecule has 198 valence electrons. The van der Waals surface area contributed by atoms with Gasteiger partial charge in [-0.1, -0.05) is 36.6 Å². The Kier molecular flexibility index (Phi) is 11.9. The van der Waals surface area contributed by atoms with Crippen LogP contribution in [0.1, 0.15) is 62.4 Å². The summed E-state index contributed by atoms with van der Waals surface area (Å²) in [7, 11) is 3.26. The van der Waals surface area contributed by atoms with Crippen molar-refractivity contribution >= 4 is 29.5 Å². The number of amides is 1. The third-order valence-electron chi connectivity index (χ3n) is 5.56. The molecule has 1 N–H and O–H groups in total. The Hall–Kier alpha value is -2.87. The van der Waals surface area contributed by atoms with E-state index in [2.05, 4.69) is 4.72 Å². The number of para-hydroxylation sites is 1. The highest BCUT2D eigenvalue weighted by molar-refractivity contribution is 7.99. The standard InChI is InChI=1S/C28H40N2O5S/c1-28(2,3)35-27(32)30(19-17-21-12-9-10-14-25(21)33-4)18-11-7-8-13-24(31)22-15-16-26(34-5)23(20-22)29-36-6/h9-10,12,14-16,20,29H,7-8,11,13,17-19H2,1-6H3. The average molecular weight is 517 g/mol. The van der Waals surface area contributed by atoms with Crippen molar-refractivity contribution < 1.29 is 23.8 Å². The molecule has 0 heterocycles. The third-order valence-corrected chi connectivity index (χ3v) is 5.98. The molecule has 0 aliphatic heterocycles. The summed E-state index contributed by atoms with van der Waals surface area (Å²) >= 11 is 1.45. The van der Waals surface area contributed by atoms with Crippen LogP contribution in [0.2, 0.25) is 0 Å². The molecule has 0 saturated carbocycles. The zero-order valence-electron chi connectivity index (χ0n) is 22.4. The van der Waals surface area contributed by atoms with E-state index in [4.69, 9.17) is 14.2 Å². The van der Waals surface area contributed by atoms with Gasteiger partial charge in [0.15, 0.2) is 5.78 Å². The van der Waals surface area contributed by atoms with Gasteiger partial charge in [-0.25, -0.2) is 4.79 Å². The van der Waals surface area contributed by atoms with Gasteiger partial charge in [0, 0.05) is 31.3 Å². The summed E-state index contributed by atoms with van der Waals surface area (Å²) < 4.78 is 19.6. The number of carbonyl (C=O) groups is 2. The number of nitrogens with one attached hydrogen (secondary N) is 1. The largest absolute Gasteiger partial charge is 0.496 e. The van der Waals surface area contributed by atoms with Crippen LogP contribution in [0.15, 0.2) is 42.5 Å². The molecule has 2 aromatic rings. The number of ketones is 1. The highest BCUT2D eigenvalue weighted by Gasteiger charge is 2.22. The molecular formula is C28H40N2O5S. The monoisotopic (exact) mass is 516 g/mol. The SMILES string of the molecule is COc1ccccc1CCN(CCCCCC(=O)c1ccc(OC)c(NSC)c1)C(=O)OC(C)(C)C. The predicted molar refractivity (Wildman–Crippen MR) is 147 cm³/mol. The lowest BCUT2D eigenvalue weighted by Gasteiger charge is -2.27. The predicted octanol–water partition coefficient (Wildman–Crippen LogP) is 6.62. The van der Waals surface area contributed by atoms with Crippen LogP contribution in [0.4, 0.5) is 10.5 Å². The summed E-state index contributed by atoms with van der Waals surface area (Å²) in [5, 5.41) is 0. The van der Waals surface area contributed by atoms with Crippen molar-refractivity contribution in [3.63, 3.8) is 0 Å². The fourth-order valence-electron chi connectivity index (χ4n) is 3.77. The van der Waals surface area contributed by atoms with E-state index < -0.39 is 5.60 Å². The fourth-order valence-corrected chi connectivity index (χ4v) is 4.15. The van der Waals surface area contributed by atoms with E-state index in [0.717, 1.165) is 36.3 Å². The number of hydrogen-bond donors (Lipinski definition) is 1. The van der Waals surface area contributed by atoms with Gasteiger partial charge in [-0.05, 0) is 69.9 Å². The van der Waals surface area contributed by atoms with Gasteiger partial charge < -0.3 is 23.8 Å². The molecule has 36 heavy (non-hydrogen) atoms. The molecular weight excluding hydrogens is 476 g/mol.